The zero-order valence-electron chi connectivity index (χ0n) is 10.9. The van der Waals surface area contributed by atoms with Crippen molar-refractivity contribution in [3.8, 4) is 0 Å². The van der Waals surface area contributed by atoms with Gasteiger partial charge in [0.05, 0.1) is 6.54 Å². The number of benzene rings is 1. The first-order valence-electron chi connectivity index (χ1n) is 6.23. The molecule has 0 saturated carbocycles. The molecular weight excluding hydrogens is 258 g/mol. The van der Waals surface area contributed by atoms with Crippen LogP contribution >= 0.6 is 11.3 Å². The molecule has 0 aliphatic heterocycles. The molecule has 1 atom stereocenters. The number of hydrogen-bond acceptors (Lipinski definition) is 5. The van der Waals surface area contributed by atoms with Crippen LogP contribution in [-0.4, -0.2) is 10.1 Å². The molecule has 1 unspecified atom stereocenters. The highest BCUT2D eigenvalue weighted by Crippen LogP contribution is 2.29. The zero-order valence-corrected chi connectivity index (χ0v) is 11.7. The van der Waals surface area contributed by atoms with Crippen molar-refractivity contribution in [1.29, 1.82) is 0 Å². The molecule has 0 saturated heterocycles. The summed E-state index contributed by atoms with van der Waals surface area (Å²) in [6.07, 6.45) is 0. The minimum Gasteiger partial charge on any atom is -0.338 e. The van der Waals surface area contributed by atoms with Gasteiger partial charge in [0.1, 0.15) is 0 Å². The summed E-state index contributed by atoms with van der Waals surface area (Å²) < 4.78 is 6.41. The fourth-order valence-electron chi connectivity index (χ4n) is 1.97. The Hall–Kier alpha value is -1.72. The van der Waals surface area contributed by atoms with E-state index < -0.39 is 0 Å². The molecule has 5 heteroatoms. The lowest BCUT2D eigenvalue weighted by Gasteiger charge is -2.09. The average Bonchev–Trinajstić information content (AvgIpc) is 3.01. The molecule has 98 valence electrons. The van der Waals surface area contributed by atoms with E-state index in [-0.39, 0.29) is 6.04 Å². The first kappa shape index (κ1) is 12.3. The summed E-state index contributed by atoms with van der Waals surface area (Å²) in [5.74, 6) is 1.30. The van der Waals surface area contributed by atoms with E-state index in [9.17, 15) is 0 Å². The summed E-state index contributed by atoms with van der Waals surface area (Å²) in [6, 6.07) is 10.9. The van der Waals surface area contributed by atoms with Gasteiger partial charge in [-0.05, 0) is 31.4 Å². The lowest BCUT2D eigenvalue weighted by atomic mass is 10.2. The fourth-order valence-corrected chi connectivity index (χ4v) is 3.06. The number of nitrogens with zero attached hydrogens (tertiary/aromatic N) is 2. The lowest BCUT2D eigenvalue weighted by Crippen LogP contribution is -2.17. The maximum Gasteiger partial charge on any atom is 0.240 e. The predicted molar refractivity (Wildman–Crippen MR) is 76.1 cm³/mol. The Morgan fingerprint density at radius 3 is 2.95 bits per heavy atom. The Bertz CT molecular complexity index is 656. The van der Waals surface area contributed by atoms with Gasteiger partial charge in [-0.1, -0.05) is 23.4 Å². The van der Waals surface area contributed by atoms with Crippen LogP contribution in [0.5, 0.6) is 0 Å². The third kappa shape index (κ3) is 2.67. The largest absolute Gasteiger partial charge is 0.338 e. The Morgan fingerprint density at radius 1 is 1.37 bits per heavy atom. The summed E-state index contributed by atoms with van der Waals surface area (Å²) in [5.41, 5.74) is 0. The Morgan fingerprint density at radius 2 is 2.21 bits per heavy atom. The minimum atomic E-state index is 0.268. The number of fused-ring (bicyclic) bond motifs is 1. The van der Waals surface area contributed by atoms with Crippen LogP contribution < -0.4 is 5.32 Å². The van der Waals surface area contributed by atoms with Crippen LogP contribution in [0.4, 0.5) is 0 Å². The van der Waals surface area contributed by atoms with Gasteiger partial charge in [0.2, 0.25) is 5.89 Å². The summed E-state index contributed by atoms with van der Waals surface area (Å²) >= 11 is 1.82. The third-order valence-corrected chi connectivity index (χ3v) is 4.30. The molecule has 1 aromatic carbocycles. The molecule has 0 amide bonds. The van der Waals surface area contributed by atoms with Gasteiger partial charge in [0, 0.05) is 15.6 Å². The van der Waals surface area contributed by atoms with Gasteiger partial charge >= 0.3 is 0 Å². The molecule has 4 nitrogen and oxygen atoms in total. The van der Waals surface area contributed by atoms with Crippen LogP contribution in [0.25, 0.3) is 10.1 Å². The summed E-state index contributed by atoms with van der Waals surface area (Å²) in [7, 11) is 0. The normalized spacial score (nSPS) is 12.9. The van der Waals surface area contributed by atoms with Crippen molar-refractivity contribution in [2.24, 2.45) is 0 Å². The second kappa shape index (κ2) is 5.11. The monoisotopic (exact) mass is 273 g/mol. The molecule has 19 heavy (non-hydrogen) atoms. The SMILES string of the molecule is Cc1noc(CNC(C)c2cc3ccccc3s2)n1. The molecular formula is C14H15N3OS. The van der Waals surface area contributed by atoms with E-state index >= 15 is 0 Å². The summed E-state index contributed by atoms with van der Waals surface area (Å²) in [6.45, 7) is 4.56. The van der Waals surface area contributed by atoms with Crippen molar-refractivity contribution in [1.82, 2.24) is 15.5 Å². The fraction of sp³-hybridized carbons (Fsp3) is 0.286. The second-order valence-corrected chi connectivity index (χ2v) is 5.64. The second-order valence-electron chi connectivity index (χ2n) is 4.52. The highest BCUT2D eigenvalue weighted by molar-refractivity contribution is 7.19. The highest BCUT2D eigenvalue weighted by atomic mass is 32.1. The topological polar surface area (TPSA) is 51.0 Å². The smallest absolute Gasteiger partial charge is 0.240 e. The van der Waals surface area contributed by atoms with Crippen molar-refractivity contribution < 1.29 is 4.52 Å². The van der Waals surface area contributed by atoms with Crippen molar-refractivity contribution in [2.75, 3.05) is 0 Å². The van der Waals surface area contributed by atoms with E-state index in [0.29, 0.717) is 18.3 Å². The van der Waals surface area contributed by atoms with Gasteiger partial charge in [-0.3, -0.25) is 0 Å². The van der Waals surface area contributed by atoms with E-state index in [1.807, 2.05) is 18.3 Å². The van der Waals surface area contributed by atoms with Crippen LogP contribution in [0, 0.1) is 6.92 Å². The van der Waals surface area contributed by atoms with Gasteiger partial charge in [-0.25, -0.2) is 0 Å². The third-order valence-electron chi connectivity index (χ3n) is 3.00. The van der Waals surface area contributed by atoms with Gasteiger partial charge in [-0.15, -0.1) is 11.3 Å². The molecule has 1 N–H and O–H groups in total. The quantitative estimate of drug-likeness (QED) is 0.791. The van der Waals surface area contributed by atoms with Gasteiger partial charge in [-0.2, -0.15) is 4.98 Å². The van der Waals surface area contributed by atoms with Crippen LogP contribution in [0.15, 0.2) is 34.9 Å². The average molecular weight is 273 g/mol. The summed E-state index contributed by atoms with van der Waals surface area (Å²) in [4.78, 5) is 5.50. The van der Waals surface area contributed by atoms with Gasteiger partial charge < -0.3 is 9.84 Å². The molecule has 0 fully saturated rings. The van der Waals surface area contributed by atoms with E-state index in [1.165, 1.54) is 15.0 Å². The maximum absolute atomic E-state index is 5.09. The Labute approximate surface area is 115 Å². The van der Waals surface area contributed by atoms with Crippen molar-refractivity contribution >= 4 is 21.4 Å². The summed E-state index contributed by atoms with van der Waals surface area (Å²) in [5, 5.41) is 8.48. The zero-order chi connectivity index (χ0) is 13.2. The number of aromatic nitrogens is 2. The number of rotatable bonds is 4. The minimum absolute atomic E-state index is 0.268. The van der Waals surface area contributed by atoms with Crippen LogP contribution in [-0.2, 0) is 6.54 Å². The van der Waals surface area contributed by atoms with Crippen molar-refractivity contribution in [3.63, 3.8) is 0 Å². The van der Waals surface area contributed by atoms with Crippen LogP contribution in [0.1, 0.15) is 29.6 Å². The van der Waals surface area contributed by atoms with Crippen LogP contribution in [0.3, 0.4) is 0 Å². The molecule has 3 aromatic rings. The molecule has 0 aliphatic rings. The molecule has 0 radical (unpaired) electrons. The van der Waals surface area contributed by atoms with Crippen LogP contribution in [0.2, 0.25) is 0 Å². The first-order chi connectivity index (χ1) is 9.22. The molecule has 3 rings (SSSR count). The van der Waals surface area contributed by atoms with E-state index in [4.69, 9.17) is 4.52 Å². The van der Waals surface area contributed by atoms with Gasteiger partial charge in [0.25, 0.3) is 0 Å². The molecule has 2 heterocycles. The number of aryl methyl sites for hydroxylation is 1. The number of thiophene rings is 1. The Balaban J connectivity index is 1.71. The highest BCUT2D eigenvalue weighted by Gasteiger charge is 2.10. The Kier molecular flexibility index (Phi) is 3.31. The standard InChI is InChI=1S/C14H15N3OS/c1-9(15-8-14-16-10(2)17-18-14)13-7-11-5-3-4-6-12(11)19-13/h3-7,9,15H,8H2,1-2H3. The number of nitrogens with one attached hydrogen (secondary N) is 1. The lowest BCUT2D eigenvalue weighted by molar-refractivity contribution is 0.358. The van der Waals surface area contributed by atoms with Crippen molar-refractivity contribution in [3.05, 3.63) is 46.9 Å². The number of hydrogen-bond donors (Lipinski definition) is 1. The van der Waals surface area contributed by atoms with E-state index in [1.54, 1.807) is 0 Å². The molecule has 0 spiro atoms. The molecule has 0 aliphatic carbocycles. The van der Waals surface area contributed by atoms with Crippen molar-refractivity contribution in [2.45, 2.75) is 26.4 Å². The molecule has 0 bridgehead atoms. The maximum atomic E-state index is 5.09. The molecule has 2 aromatic heterocycles. The van der Waals surface area contributed by atoms with Gasteiger partial charge in [0.15, 0.2) is 5.82 Å². The van der Waals surface area contributed by atoms with E-state index in [2.05, 4.69) is 52.7 Å². The van der Waals surface area contributed by atoms with E-state index in [0.717, 1.165) is 0 Å². The predicted octanol–water partition coefficient (Wildman–Crippen LogP) is 3.44. The first-order valence-corrected chi connectivity index (χ1v) is 7.05.